The van der Waals surface area contributed by atoms with E-state index in [1.807, 2.05) is 12.1 Å². The van der Waals surface area contributed by atoms with Crippen LogP contribution in [0, 0.1) is 0 Å². The number of halogens is 4. The van der Waals surface area contributed by atoms with Crippen LogP contribution >= 0.6 is 11.6 Å². The van der Waals surface area contributed by atoms with E-state index in [1.54, 1.807) is 12.1 Å². The fraction of sp³-hybridized carbons (Fsp3) is 0.263. The summed E-state index contributed by atoms with van der Waals surface area (Å²) in [6.07, 6.45) is -3.28. The second-order valence-electron chi connectivity index (χ2n) is 5.97. The van der Waals surface area contributed by atoms with Crippen LogP contribution in [0.2, 0.25) is 5.02 Å². The summed E-state index contributed by atoms with van der Waals surface area (Å²) in [5.41, 5.74) is 0.122. The number of nitrogens with one attached hydrogen (secondary N) is 2. The molecule has 0 atom stereocenters. The quantitative estimate of drug-likeness (QED) is 0.695. The van der Waals surface area contributed by atoms with E-state index in [0.717, 1.165) is 23.8 Å². The highest BCUT2D eigenvalue weighted by atomic mass is 35.5. The Morgan fingerprint density at radius 2 is 1.67 bits per heavy atom. The Hall–Kier alpha value is -2.54. The van der Waals surface area contributed by atoms with Crippen molar-refractivity contribution in [3.8, 4) is 0 Å². The Morgan fingerprint density at radius 1 is 1.00 bits per heavy atom. The van der Waals surface area contributed by atoms with Gasteiger partial charge in [0.15, 0.2) is 0 Å². The third-order valence-corrected chi connectivity index (χ3v) is 3.97. The van der Waals surface area contributed by atoms with Crippen molar-refractivity contribution in [2.45, 2.75) is 32.4 Å². The second kappa shape index (κ2) is 8.90. The van der Waals surface area contributed by atoms with Gasteiger partial charge in [0.25, 0.3) is 0 Å². The lowest BCUT2D eigenvalue weighted by molar-refractivity contribution is -0.137. The van der Waals surface area contributed by atoms with E-state index in [9.17, 15) is 22.8 Å². The predicted molar refractivity (Wildman–Crippen MR) is 98.8 cm³/mol. The first-order valence-corrected chi connectivity index (χ1v) is 8.56. The number of hydrogen-bond acceptors (Lipinski definition) is 2. The molecule has 0 aromatic heterocycles. The summed E-state index contributed by atoms with van der Waals surface area (Å²) in [6, 6.07) is 9.97. The molecule has 0 spiro atoms. The van der Waals surface area contributed by atoms with Gasteiger partial charge in [0.1, 0.15) is 0 Å². The molecular weight excluding hydrogens is 381 g/mol. The summed E-state index contributed by atoms with van der Waals surface area (Å²) in [7, 11) is 0. The molecule has 0 aliphatic heterocycles. The Balaban J connectivity index is 2.03. The van der Waals surface area contributed by atoms with Crippen LogP contribution in [0.25, 0.3) is 0 Å². The van der Waals surface area contributed by atoms with Gasteiger partial charge in [0.05, 0.1) is 16.9 Å². The fourth-order valence-electron chi connectivity index (χ4n) is 2.44. The smallest absolute Gasteiger partial charge is 0.325 e. The third-order valence-electron chi connectivity index (χ3n) is 3.71. The fourth-order valence-corrected chi connectivity index (χ4v) is 2.57. The van der Waals surface area contributed by atoms with Crippen LogP contribution in [0.4, 0.5) is 24.5 Å². The van der Waals surface area contributed by atoms with E-state index in [2.05, 4.69) is 10.6 Å². The van der Waals surface area contributed by atoms with Crippen LogP contribution in [-0.4, -0.2) is 11.8 Å². The third kappa shape index (κ3) is 6.60. The molecule has 0 saturated carbocycles. The van der Waals surface area contributed by atoms with Gasteiger partial charge < -0.3 is 10.6 Å². The number of benzene rings is 2. The van der Waals surface area contributed by atoms with Gasteiger partial charge in [-0.2, -0.15) is 13.2 Å². The van der Waals surface area contributed by atoms with E-state index in [1.165, 1.54) is 6.92 Å². The number of anilines is 2. The average Bonchev–Trinajstić information content (AvgIpc) is 2.57. The SMILES string of the molecule is CC(=O)Nc1ccc(C(F)(F)F)cc1NC(=O)CCCc1ccc(Cl)cc1. The molecule has 2 amide bonds. The number of carbonyl (C=O) groups is 2. The molecule has 0 aliphatic carbocycles. The van der Waals surface area contributed by atoms with Crippen LogP contribution in [0.15, 0.2) is 42.5 Å². The molecule has 0 aliphatic rings. The first-order chi connectivity index (χ1) is 12.6. The molecule has 2 aromatic carbocycles. The van der Waals surface area contributed by atoms with Crippen LogP contribution in [-0.2, 0) is 22.2 Å². The summed E-state index contributed by atoms with van der Waals surface area (Å²) in [4.78, 5) is 23.4. The van der Waals surface area contributed by atoms with Crippen LogP contribution in [0.3, 0.4) is 0 Å². The molecule has 0 bridgehead atoms. The summed E-state index contributed by atoms with van der Waals surface area (Å²) in [5.74, 6) is -0.886. The van der Waals surface area contributed by atoms with E-state index in [4.69, 9.17) is 11.6 Å². The van der Waals surface area contributed by atoms with E-state index >= 15 is 0 Å². The second-order valence-corrected chi connectivity index (χ2v) is 6.40. The maximum Gasteiger partial charge on any atom is 0.416 e. The Bertz CT molecular complexity index is 821. The van der Waals surface area contributed by atoms with Crippen LogP contribution < -0.4 is 10.6 Å². The normalized spacial score (nSPS) is 11.1. The molecule has 2 aromatic rings. The molecule has 0 unspecified atom stereocenters. The molecular formula is C19H18ClF3N2O2. The standard InChI is InChI=1S/C19H18ClF3N2O2/c1-12(26)24-16-10-7-14(19(21,22)23)11-17(16)25-18(27)4-2-3-13-5-8-15(20)9-6-13/h5-11H,2-4H2,1H3,(H,24,26)(H,25,27). The van der Waals surface area contributed by atoms with Gasteiger partial charge >= 0.3 is 6.18 Å². The minimum absolute atomic E-state index is 0.0866. The topological polar surface area (TPSA) is 58.2 Å². The van der Waals surface area contributed by atoms with E-state index < -0.39 is 23.6 Å². The largest absolute Gasteiger partial charge is 0.416 e. The summed E-state index contributed by atoms with van der Waals surface area (Å²) >= 11 is 5.81. The van der Waals surface area contributed by atoms with E-state index in [0.29, 0.717) is 17.9 Å². The van der Waals surface area contributed by atoms with Crippen molar-refractivity contribution in [2.75, 3.05) is 10.6 Å². The summed E-state index contributed by atoms with van der Waals surface area (Å²) in [5, 5.41) is 5.48. The van der Waals surface area contributed by atoms with E-state index in [-0.39, 0.29) is 17.8 Å². The summed E-state index contributed by atoms with van der Waals surface area (Å²) in [6.45, 7) is 1.23. The van der Waals surface area contributed by atoms with Crippen molar-refractivity contribution in [3.63, 3.8) is 0 Å². The Morgan fingerprint density at radius 3 is 2.26 bits per heavy atom. The highest BCUT2D eigenvalue weighted by molar-refractivity contribution is 6.30. The lowest BCUT2D eigenvalue weighted by Crippen LogP contribution is -2.16. The molecule has 2 rings (SSSR count). The highest BCUT2D eigenvalue weighted by Crippen LogP contribution is 2.34. The maximum absolute atomic E-state index is 12.9. The zero-order valence-corrected chi connectivity index (χ0v) is 15.2. The van der Waals surface area contributed by atoms with Crippen molar-refractivity contribution in [1.82, 2.24) is 0 Å². The number of rotatable bonds is 6. The van der Waals surface area contributed by atoms with Gasteiger partial charge in [-0.05, 0) is 48.7 Å². The van der Waals surface area contributed by atoms with Gasteiger partial charge in [-0.3, -0.25) is 9.59 Å². The molecule has 2 N–H and O–H groups in total. The van der Waals surface area contributed by atoms with Crippen molar-refractivity contribution in [2.24, 2.45) is 0 Å². The minimum Gasteiger partial charge on any atom is -0.325 e. The number of carbonyl (C=O) groups excluding carboxylic acids is 2. The monoisotopic (exact) mass is 398 g/mol. The molecule has 8 heteroatoms. The number of aryl methyl sites for hydroxylation is 1. The minimum atomic E-state index is -4.55. The Labute approximate surface area is 159 Å². The molecule has 0 saturated heterocycles. The number of hydrogen-bond donors (Lipinski definition) is 2. The molecule has 144 valence electrons. The maximum atomic E-state index is 12.9. The van der Waals surface area contributed by atoms with Crippen LogP contribution in [0.5, 0.6) is 0 Å². The molecule has 0 heterocycles. The lowest BCUT2D eigenvalue weighted by Gasteiger charge is -2.15. The molecule has 4 nitrogen and oxygen atoms in total. The van der Waals surface area contributed by atoms with Gasteiger partial charge in [0, 0.05) is 18.4 Å². The first kappa shape index (κ1) is 20.8. The first-order valence-electron chi connectivity index (χ1n) is 8.18. The Kier molecular flexibility index (Phi) is 6.85. The highest BCUT2D eigenvalue weighted by Gasteiger charge is 2.31. The van der Waals surface area contributed by atoms with Gasteiger partial charge in [-0.25, -0.2) is 0 Å². The van der Waals surface area contributed by atoms with Gasteiger partial charge in [-0.15, -0.1) is 0 Å². The molecule has 0 radical (unpaired) electrons. The predicted octanol–water partition coefficient (Wildman–Crippen LogP) is 5.28. The average molecular weight is 399 g/mol. The lowest BCUT2D eigenvalue weighted by atomic mass is 10.1. The van der Waals surface area contributed by atoms with Gasteiger partial charge in [-0.1, -0.05) is 23.7 Å². The zero-order chi connectivity index (χ0) is 20.0. The van der Waals surface area contributed by atoms with Crippen LogP contribution in [0.1, 0.15) is 30.9 Å². The summed E-state index contributed by atoms with van der Waals surface area (Å²) < 4.78 is 38.7. The number of amides is 2. The number of alkyl halides is 3. The molecule has 0 fully saturated rings. The zero-order valence-electron chi connectivity index (χ0n) is 14.5. The van der Waals surface area contributed by atoms with Crippen molar-refractivity contribution in [1.29, 1.82) is 0 Å². The van der Waals surface area contributed by atoms with Crippen molar-refractivity contribution < 1.29 is 22.8 Å². The van der Waals surface area contributed by atoms with Gasteiger partial charge in [0.2, 0.25) is 11.8 Å². The molecule has 27 heavy (non-hydrogen) atoms. The van der Waals surface area contributed by atoms with Crippen molar-refractivity contribution >= 4 is 34.8 Å². The van der Waals surface area contributed by atoms with Crippen molar-refractivity contribution in [3.05, 3.63) is 58.6 Å².